The Hall–Kier alpha value is -3.05. The van der Waals surface area contributed by atoms with Crippen LogP contribution in [0.1, 0.15) is 10.4 Å². The van der Waals surface area contributed by atoms with E-state index in [0.717, 1.165) is 27.1 Å². The maximum atomic E-state index is 11.2. The van der Waals surface area contributed by atoms with E-state index < -0.39 is 5.91 Å². The van der Waals surface area contributed by atoms with Crippen molar-refractivity contribution >= 4 is 28.7 Å². The maximum absolute atomic E-state index is 11.2. The van der Waals surface area contributed by atoms with Gasteiger partial charge in [-0.05, 0) is 35.9 Å². The number of hydrogen-bond donors (Lipinski definition) is 2. The van der Waals surface area contributed by atoms with E-state index >= 15 is 0 Å². The number of benzene rings is 2. The summed E-state index contributed by atoms with van der Waals surface area (Å²) in [6.07, 6.45) is 3.81. The number of fused-ring (bicyclic) bond motifs is 1. The summed E-state index contributed by atoms with van der Waals surface area (Å²) in [5, 5.41) is 1.05. The van der Waals surface area contributed by atoms with Crippen molar-refractivity contribution in [3.8, 4) is 11.1 Å². The highest BCUT2D eigenvalue weighted by Crippen LogP contribution is 2.33. The van der Waals surface area contributed by atoms with E-state index in [1.165, 1.54) is 4.90 Å². The molecule has 0 unspecified atom stereocenters. The van der Waals surface area contributed by atoms with Crippen LogP contribution in [0.4, 0.5) is 0 Å². The molecule has 0 atom stereocenters. The number of rotatable bonds is 4. The van der Waals surface area contributed by atoms with E-state index in [0.29, 0.717) is 5.56 Å². The standard InChI is InChI=1S/C20H15N3OS/c21-19(24)14-8-6-13(7-9-14)18-12-23-20-17(18)10-16(11-22-20)25-15-4-2-1-3-5-15/h1-12H,(H2,21,24)(H,22,23). The lowest BCUT2D eigenvalue weighted by Gasteiger charge is -2.04. The van der Waals surface area contributed by atoms with Crippen LogP contribution in [-0.4, -0.2) is 15.9 Å². The Bertz CT molecular complexity index is 1040. The second kappa shape index (κ2) is 6.45. The molecule has 0 radical (unpaired) electrons. The van der Waals surface area contributed by atoms with Crippen LogP contribution < -0.4 is 5.73 Å². The summed E-state index contributed by atoms with van der Waals surface area (Å²) in [4.78, 5) is 21.2. The highest BCUT2D eigenvalue weighted by Gasteiger charge is 2.09. The van der Waals surface area contributed by atoms with Crippen LogP contribution >= 0.6 is 11.8 Å². The first-order valence-electron chi connectivity index (χ1n) is 7.81. The number of amides is 1. The van der Waals surface area contributed by atoms with Crippen molar-refractivity contribution in [2.24, 2.45) is 5.73 Å². The largest absolute Gasteiger partial charge is 0.366 e. The van der Waals surface area contributed by atoms with Gasteiger partial charge in [-0.25, -0.2) is 4.98 Å². The molecule has 2 aromatic carbocycles. The summed E-state index contributed by atoms with van der Waals surface area (Å²) in [6.45, 7) is 0. The Labute approximate surface area is 149 Å². The van der Waals surface area contributed by atoms with Gasteiger partial charge in [0.15, 0.2) is 0 Å². The number of pyridine rings is 1. The van der Waals surface area contributed by atoms with Crippen LogP contribution in [0.15, 0.2) is 82.8 Å². The molecule has 2 heterocycles. The van der Waals surface area contributed by atoms with Crippen molar-refractivity contribution in [3.63, 3.8) is 0 Å². The molecule has 0 saturated carbocycles. The molecule has 4 rings (SSSR count). The number of nitrogens with zero attached hydrogens (tertiary/aromatic N) is 1. The van der Waals surface area contributed by atoms with Crippen molar-refractivity contribution in [1.82, 2.24) is 9.97 Å². The molecule has 0 bridgehead atoms. The van der Waals surface area contributed by atoms with Crippen molar-refractivity contribution in [1.29, 1.82) is 0 Å². The molecule has 4 nitrogen and oxygen atoms in total. The molecule has 0 fully saturated rings. The number of carbonyl (C=O) groups is 1. The highest BCUT2D eigenvalue weighted by molar-refractivity contribution is 7.99. The molecule has 5 heteroatoms. The monoisotopic (exact) mass is 345 g/mol. The molecule has 0 aliphatic carbocycles. The molecule has 122 valence electrons. The molecular formula is C20H15N3OS. The second-order valence-corrected chi connectivity index (χ2v) is 6.77. The maximum Gasteiger partial charge on any atom is 0.248 e. The number of primary amides is 1. The molecule has 4 aromatic rings. The lowest BCUT2D eigenvalue weighted by Crippen LogP contribution is -2.10. The van der Waals surface area contributed by atoms with Crippen molar-refractivity contribution < 1.29 is 4.79 Å². The van der Waals surface area contributed by atoms with Gasteiger partial charge in [0.05, 0.1) is 0 Å². The van der Waals surface area contributed by atoms with Gasteiger partial charge in [-0.15, -0.1) is 0 Å². The van der Waals surface area contributed by atoms with Crippen molar-refractivity contribution in [2.75, 3.05) is 0 Å². The summed E-state index contributed by atoms with van der Waals surface area (Å²) in [7, 11) is 0. The lowest BCUT2D eigenvalue weighted by atomic mass is 10.0. The van der Waals surface area contributed by atoms with Gasteiger partial charge in [-0.3, -0.25) is 4.79 Å². The number of hydrogen-bond acceptors (Lipinski definition) is 3. The zero-order chi connectivity index (χ0) is 17.2. The molecule has 0 aliphatic heterocycles. The minimum atomic E-state index is -0.423. The summed E-state index contributed by atoms with van der Waals surface area (Å²) in [5.74, 6) is -0.423. The number of aromatic nitrogens is 2. The third-order valence-corrected chi connectivity index (χ3v) is 4.93. The molecular weight excluding hydrogens is 330 g/mol. The molecule has 25 heavy (non-hydrogen) atoms. The van der Waals surface area contributed by atoms with E-state index in [4.69, 9.17) is 5.73 Å². The van der Waals surface area contributed by atoms with E-state index in [9.17, 15) is 4.79 Å². The van der Waals surface area contributed by atoms with Crippen LogP contribution in [0.3, 0.4) is 0 Å². The molecule has 0 spiro atoms. The highest BCUT2D eigenvalue weighted by atomic mass is 32.2. The third kappa shape index (κ3) is 3.14. The Balaban J connectivity index is 1.72. The number of aromatic amines is 1. The normalized spacial score (nSPS) is 10.9. The first kappa shape index (κ1) is 15.5. The smallest absolute Gasteiger partial charge is 0.248 e. The van der Waals surface area contributed by atoms with E-state index in [1.807, 2.05) is 42.7 Å². The first-order chi connectivity index (χ1) is 12.2. The fourth-order valence-corrected chi connectivity index (χ4v) is 3.57. The van der Waals surface area contributed by atoms with E-state index in [2.05, 4.69) is 28.2 Å². The number of nitrogens with two attached hydrogens (primary N) is 1. The van der Waals surface area contributed by atoms with Crippen LogP contribution in [0.2, 0.25) is 0 Å². The van der Waals surface area contributed by atoms with Gasteiger partial charge in [0.1, 0.15) is 5.65 Å². The van der Waals surface area contributed by atoms with E-state index in [1.54, 1.807) is 23.9 Å². The minimum absolute atomic E-state index is 0.423. The molecule has 0 saturated heterocycles. The molecule has 0 aliphatic rings. The van der Waals surface area contributed by atoms with Crippen LogP contribution in [0.5, 0.6) is 0 Å². The van der Waals surface area contributed by atoms with Crippen LogP contribution in [0.25, 0.3) is 22.2 Å². The van der Waals surface area contributed by atoms with Gasteiger partial charge < -0.3 is 10.7 Å². The Kier molecular flexibility index (Phi) is 3.99. The van der Waals surface area contributed by atoms with Gasteiger partial charge in [-0.1, -0.05) is 42.1 Å². The van der Waals surface area contributed by atoms with Gasteiger partial charge in [0.25, 0.3) is 0 Å². The SMILES string of the molecule is NC(=O)c1ccc(-c2c[nH]c3ncc(Sc4ccccc4)cc23)cc1. The average molecular weight is 345 g/mol. The van der Waals surface area contributed by atoms with Crippen LogP contribution in [-0.2, 0) is 0 Å². The fraction of sp³-hybridized carbons (Fsp3) is 0. The molecule has 1 amide bonds. The van der Waals surface area contributed by atoms with Crippen LogP contribution in [0, 0.1) is 0 Å². The number of H-pyrrole nitrogens is 1. The number of nitrogens with one attached hydrogen (secondary N) is 1. The zero-order valence-electron chi connectivity index (χ0n) is 13.3. The summed E-state index contributed by atoms with van der Waals surface area (Å²) in [6, 6.07) is 19.6. The lowest BCUT2D eigenvalue weighted by molar-refractivity contribution is 0.100. The zero-order valence-corrected chi connectivity index (χ0v) is 14.1. The van der Waals surface area contributed by atoms with E-state index in [-0.39, 0.29) is 0 Å². The van der Waals surface area contributed by atoms with Gasteiger partial charge >= 0.3 is 0 Å². The minimum Gasteiger partial charge on any atom is -0.366 e. The average Bonchev–Trinajstić information content (AvgIpc) is 3.06. The quantitative estimate of drug-likeness (QED) is 0.573. The molecule has 2 aromatic heterocycles. The van der Waals surface area contributed by atoms with Gasteiger partial charge in [0, 0.05) is 38.7 Å². The van der Waals surface area contributed by atoms with Crippen molar-refractivity contribution in [2.45, 2.75) is 9.79 Å². The Morgan fingerprint density at radius 2 is 1.76 bits per heavy atom. The topological polar surface area (TPSA) is 71.8 Å². The Morgan fingerprint density at radius 3 is 2.48 bits per heavy atom. The van der Waals surface area contributed by atoms with Gasteiger partial charge in [0.2, 0.25) is 5.91 Å². The third-order valence-electron chi connectivity index (χ3n) is 3.97. The van der Waals surface area contributed by atoms with Crippen molar-refractivity contribution in [3.05, 3.63) is 78.6 Å². The summed E-state index contributed by atoms with van der Waals surface area (Å²) < 4.78 is 0. The second-order valence-electron chi connectivity index (χ2n) is 5.63. The predicted octanol–water partition coefficient (Wildman–Crippen LogP) is 4.48. The van der Waals surface area contributed by atoms with Gasteiger partial charge in [-0.2, -0.15) is 0 Å². The Morgan fingerprint density at radius 1 is 1.00 bits per heavy atom. The summed E-state index contributed by atoms with van der Waals surface area (Å²) in [5.41, 5.74) is 8.71. The fourth-order valence-electron chi connectivity index (χ4n) is 2.72. The summed E-state index contributed by atoms with van der Waals surface area (Å²) >= 11 is 1.68. The number of carbonyl (C=O) groups excluding carboxylic acids is 1. The molecule has 3 N–H and O–H groups in total. The predicted molar refractivity (Wildman–Crippen MR) is 101 cm³/mol. The first-order valence-corrected chi connectivity index (χ1v) is 8.62.